The van der Waals surface area contributed by atoms with Crippen LogP contribution in [-0.4, -0.2) is 40.7 Å². The van der Waals surface area contributed by atoms with Gasteiger partial charge in [0.05, 0.1) is 22.9 Å². The summed E-state index contributed by atoms with van der Waals surface area (Å²) in [5.41, 5.74) is 4.69. The van der Waals surface area contributed by atoms with Crippen molar-refractivity contribution in [3.05, 3.63) is 81.0 Å². The van der Waals surface area contributed by atoms with Gasteiger partial charge in [0, 0.05) is 30.2 Å². The van der Waals surface area contributed by atoms with Crippen LogP contribution in [0.2, 0.25) is 5.02 Å². The fourth-order valence-corrected chi connectivity index (χ4v) is 5.13. The summed E-state index contributed by atoms with van der Waals surface area (Å²) in [5.74, 6) is 0.651. The van der Waals surface area contributed by atoms with Crippen molar-refractivity contribution in [1.82, 2.24) is 14.7 Å². The number of anilines is 1. The first-order chi connectivity index (χ1) is 16.3. The van der Waals surface area contributed by atoms with Crippen LogP contribution in [-0.2, 0) is 17.9 Å². The topological polar surface area (TPSA) is 41.4 Å². The molecule has 1 amide bonds. The molecule has 0 atom stereocenters. The average molecular weight is 544 g/mol. The number of hydrogen-bond acceptors (Lipinski definition) is 3. The molecule has 1 aliphatic rings. The first-order valence-corrected chi connectivity index (χ1v) is 13.0. The van der Waals surface area contributed by atoms with Gasteiger partial charge in [0.15, 0.2) is 0 Å². The Balaban J connectivity index is 1.38. The van der Waals surface area contributed by atoms with Crippen molar-refractivity contribution in [1.29, 1.82) is 0 Å². The standard InChI is InChI=1S/C27H32BrClN4O/c1-19(2)27(34)31(3)24-6-4-5-22(15-24)21-11-13-32(14-12-21)18-26-25(28)16-30-33(26)17-20-7-9-23(29)10-8-20/h4-10,15-16,19,21H,11-14,17-18H2,1-3H3. The molecule has 0 radical (unpaired) electrons. The number of nitrogens with zero attached hydrogens (tertiary/aromatic N) is 4. The minimum atomic E-state index is -0.00986. The molecular weight excluding hydrogens is 512 g/mol. The zero-order valence-corrected chi connectivity index (χ0v) is 22.4. The Morgan fingerprint density at radius 3 is 2.53 bits per heavy atom. The van der Waals surface area contributed by atoms with Gasteiger partial charge in [0.1, 0.15) is 0 Å². The number of hydrogen-bond donors (Lipinski definition) is 0. The fourth-order valence-electron chi connectivity index (χ4n) is 4.58. The van der Waals surface area contributed by atoms with Gasteiger partial charge >= 0.3 is 0 Å². The maximum atomic E-state index is 12.4. The van der Waals surface area contributed by atoms with Gasteiger partial charge in [-0.2, -0.15) is 5.10 Å². The lowest BCUT2D eigenvalue weighted by Crippen LogP contribution is -2.33. The lowest BCUT2D eigenvalue weighted by molar-refractivity contribution is -0.121. The Hall–Kier alpha value is -2.15. The second-order valence-electron chi connectivity index (χ2n) is 9.42. The van der Waals surface area contributed by atoms with E-state index in [1.807, 2.05) is 57.4 Å². The van der Waals surface area contributed by atoms with Gasteiger partial charge in [-0.05, 0) is 83.2 Å². The Labute approximate surface area is 215 Å². The highest BCUT2D eigenvalue weighted by atomic mass is 79.9. The third kappa shape index (κ3) is 5.91. The second kappa shape index (κ2) is 11.1. The molecule has 2 aromatic carbocycles. The van der Waals surface area contributed by atoms with Gasteiger partial charge in [-0.3, -0.25) is 14.4 Å². The summed E-state index contributed by atoms with van der Waals surface area (Å²) in [7, 11) is 1.87. The molecule has 180 valence electrons. The number of benzene rings is 2. The number of carbonyl (C=O) groups excluding carboxylic acids is 1. The van der Waals surface area contributed by atoms with Gasteiger partial charge < -0.3 is 4.90 Å². The highest BCUT2D eigenvalue weighted by Gasteiger charge is 2.23. The van der Waals surface area contributed by atoms with Gasteiger partial charge in [-0.1, -0.05) is 49.7 Å². The van der Waals surface area contributed by atoms with Crippen LogP contribution in [0, 0.1) is 5.92 Å². The molecule has 0 aliphatic carbocycles. The van der Waals surface area contributed by atoms with Crippen LogP contribution in [0.4, 0.5) is 5.69 Å². The Morgan fingerprint density at radius 2 is 1.85 bits per heavy atom. The summed E-state index contributed by atoms with van der Waals surface area (Å²) in [6.45, 7) is 7.55. The summed E-state index contributed by atoms with van der Waals surface area (Å²) < 4.78 is 3.12. The number of piperidine rings is 1. The average Bonchev–Trinajstić information content (AvgIpc) is 3.18. The number of likely N-dealkylation sites (tertiary alicyclic amines) is 1. The molecule has 0 spiro atoms. The van der Waals surface area contributed by atoms with Crippen molar-refractivity contribution >= 4 is 39.1 Å². The maximum Gasteiger partial charge on any atom is 0.229 e. The van der Waals surface area contributed by atoms with Crippen molar-refractivity contribution in [2.75, 3.05) is 25.0 Å². The van der Waals surface area contributed by atoms with Crippen molar-refractivity contribution in [2.24, 2.45) is 5.92 Å². The second-order valence-corrected chi connectivity index (χ2v) is 10.7. The van der Waals surface area contributed by atoms with Crippen LogP contribution in [0.1, 0.15) is 49.4 Å². The van der Waals surface area contributed by atoms with Crippen LogP contribution in [0.25, 0.3) is 0 Å². The summed E-state index contributed by atoms with van der Waals surface area (Å²) in [6, 6.07) is 16.4. The molecule has 1 aliphatic heterocycles. The summed E-state index contributed by atoms with van der Waals surface area (Å²) in [5, 5.41) is 5.34. The van der Waals surface area contributed by atoms with E-state index in [-0.39, 0.29) is 11.8 Å². The van der Waals surface area contributed by atoms with Gasteiger partial charge in [-0.25, -0.2) is 0 Å². The zero-order chi connectivity index (χ0) is 24.2. The molecule has 1 fully saturated rings. The normalized spacial score (nSPS) is 15.1. The number of aromatic nitrogens is 2. The minimum absolute atomic E-state index is 0.00986. The summed E-state index contributed by atoms with van der Waals surface area (Å²) in [4.78, 5) is 16.7. The molecule has 3 aromatic rings. The molecule has 7 heteroatoms. The fraction of sp³-hybridized carbons (Fsp3) is 0.407. The largest absolute Gasteiger partial charge is 0.315 e. The Morgan fingerprint density at radius 1 is 1.15 bits per heavy atom. The predicted molar refractivity (Wildman–Crippen MR) is 142 cm³/mol. The van der Waals surface area contributed by atoms with E-state index < -0.39 is 0 Å². The highest BCUT2D eigenvalue weighted by molar-refractivity contribution is 9.10. The van der Waals surface area contributed by atoms with E-state index in [0.717, 1.165) is 54.2 Å². The van der Waals surface area contributed by atoms with Crippen molar-refractivity contribution in [2.45, 2.75) is 45.7 Å². The third-order valence-electron chi connectivity index (χ3n) is 6.66. The van der Waals surface area contributed by atoms with E-state index in [4.69, 9.17) is 11.6 Å². The molecule has 2 heterocycles. The van der Waals surface area contributed by atoms with Crippen LogP contribution in [0.15, 0.2) is 59.2 Å². The lowest BCUT2D eigenvalue weighted by Gasteiger charge is -2.32. The predicted octanol–water partition coefficient (Wildman–Crippen LogP) is 6.35. The number of halogens is 2. The van der Waals surface area contributed by atoms with Gasteiger partial charge in [0.25, 0.3) is 0 Å². The molecule has 0 bridgehead atoms. The SMILES string of the molecule is CC(C)C(=O)N(C)c1cccc(C2CCN(Cc3c(Br)cnn3Cc3ccc(Cl)cc3)CC2)c1. The molecule has 0 saturated carbocycles. The molecule has 4 rings (SSSR count). The first kappa shape index (κ1) is 25.0. The van der Waals surface area contributed by atoms with E-state index in [2.05, 4.69) is 48.8 Å². The molecular formula is C27H32BrClN4O. The summed E-state index contributed by atoms with van der Waals surface area (Å²) in [6.07, 6.45) is 4.10. The van der Waals surface area contributed by atoms with Gasteiger partial charge in [-0.15, -0.1) is 0 Å². The third-order valence-corrected chi connectivity index (χ3v) is 7.57. The minimum Gasteiger partial charge on any atom is -0.315 e. The van der Waals surface area contributed by atoms with Crippen molar-refractivity contribution in [3.63, 3.8) is 0 Å². The lowest BCUT2D eigenvalue weighted by atomic mass is 9.89. The van der Waals surface area contributed by atoms with E-state index in [1.165, 1.54) is 16.8 Å². The quantitative estimate of drug-likeness (QED) is 0.349. The maximum absolute atomic E-state index is 12.4. The molecule has 5 nitrogen and oxygen atoms in total. The highest BCUT2D eigenvalue weighted by Crippen LogP contribution is 2.32. The molecule has 0 unspecified atom stereocenters. The van der Waals surface area contributed by atoms with Gasteiger partial charge in [0.2, 0.25) is 5.91 Å². The molecule has 34 heavy (non-hydrogen) atoms. The van der Waals surface area contributed by atoms with Crippen LogP contribution >= 0.6 is 27.5 Å². The number of carbonyl (C=O) groups is 1. The number of rotatable bonds is 7. The Bertz CT molecular complexity index is 1120. The number of amides is 1. The Kier molecular flexibility index (Phi) is 8.12. The van der Waals surface area contributed by atoms with E-state index in [1.54, 1.807) is 4.90 Å². The van der Waals surface area contributed by atoms with Crippen molar-refractivity contribution < 1.29 is 4.79 Å². The molecule has 1 aromatic heterocycles. The first-order valence-electron chi connectivity index (χ1n) is 11.9. The molecule has 0 N–H and O–H groups in total. The van der Waals surface area contributed by atoms with Crippen molar-refractivity contribution in [3.8, 4) is 0 Å². The van der Waals surface area contributed by atoms with Crippen LogP contribution in [0.3, 0.4) is 0 Å². The van der Waals surface area contributed by atoms with Crippen LogP contribution < -0.4 is 4.90 Å². The van der Waals surface area contributed by atoms with E-state index >= 15 is 0 Å². The monoisotopic (exact) mass is 542 g/mol. The smallest absolute Gasteiger partial charge is 0.229 e. The van der Waals surface area contributed by atoms with E-state index in [0.29, 0.717) is 5.92 Å². The summed E-state index contributed by atoms with van der Waals surface area (Å²) >= 11 is 9.73. The molecule has 1 saturated heterocycles. The van der Waals surface area contributed by atoms with E-state index in [9.17, 15) is 4.79 Å². The van der Waals surface area contributed by atoms with Crippen LogP contribution in [0.5, 0.6) is 0 Å². The zero-order valence-electron chi connectivity index (χ0n) is 20.0.